The van der Waals surface area contributed by atoms with Gasteiger partial charge in [-0.1, -0.05) is 12.1 Å². The van der Waals surface area contributed by atoms with E-state index < -0.39 is 0 Å². The third kappa shape index (κ3) is 3.08. The lowest BCUT2D eigenvalue weighted by Crippen LogP contribution is -2.11. The number of nitrogens with zero attached hydrogens (tertiary/aromatic N) is 3. The first-order valence-electron chi connectivity index (χ1n) is 6.97. The summed E-state index contributed by atoms with van der Waals surface area (Å²) in [7, 11) is 0. The molecule has 0 unspecified atom stereocenters. The molecule has 1 aliphatic rings. The smallest absolute Gasteiger partial charge is 0.321 e. The number of ether oxygens (including phenoxy) is 2. The summed E-state index contributed by atoms with van der Waals surface area (Å²) in [5.41, 5.74) is 1.99. The number of hydrogen-bond acceptors (Lipinski definition) is 5. The zero-order chi connectivity index (χ0) is 14.8. The number of hydrogen-bond donors (Lipinski definition) is 0. The molecule has 110 valence electrons. The molecule has 0 radical (unpaired) electrons. The maximum atomic E-state index is 5.98. The van der Waals surface area contributed by atoms with Gasteiger partial charge >= 0.3 is 6.01 Å². The average Bonchev–Trinajstić information content (AvgIpc) is 2.45. The zero-order valence-corrected chi connectivity index (χ0v) is 12.7. The molecule has 2 heterocycles. The Bertz CT molecular complexity index is 661. The van der Waals surface area contributed by atoms with Crippen LogP contribution in [0.25, 0.3) is 11.4 Å². The minimum absolute atomic E-state index is 0.0303. The van der Waals surface area contributed by atoms with Crippen molar-refractivity contribution in [2.75, 3.05) is 6.61 Å². The number of fused-ring (bicyclic) bond motifs is 1. The van der Waals surface area contributed by atoms with Gasteiger partial charge < -0.3 is 9.47 Å². The zero-order valence-electron chi connectivity index (χ0n) is 12.0. The largest absolute Gasteiger partial charge is 0.493 e. The van der Waals surface area contributed by atoms with Crippen molar-refractivity contribution in [2.24, 2.45) is 0 Å². The topological polar surface area (TPSA) is 57.1 Å². The Morgan fingerprint density at radius 2 is 2.10 bits per heavy atom. The molecule has 0 saturated carbocycles. The Kier molecular flexibility index (Phi) is 3.92. The van der Waals surface area contributed by atoms with Gasteiger partial charge in [0.2, 0.25) is 5.28 Å². The van der Waals surface area contributed by atoms with Crippen molar-refractivity contribution in [2.45, 2.75) is 32.8 Å². The highest BCUT2D eigenvalue weighted by molar-refractivity contribution is 6.28. The maximum absolute atomic E-state index is 5.98. The number of para-hydroxylation sites is 1. The molecule has 0 atom stereocenters. The molecule has 3 rings (SSSR count). The molecule has 0 saturated heterocycles. The molecule has 0 bridgehead atoms. The predicted octanol–water partition coefficient (Wildman–Crippen LogP) is 3.30. The number of aryl methyl sites for hydroxylation is 1. The minimum atomic E-state index is -0.0303. The van der Waals surface area contributed by atoms with Crippen molar-refractivity contribution in [3.63, 3.8) is 0 Å². The van der Waals surface area contributed by atoms with Crippen molar-refractivity contribution in [1.29, 1.82) is 0 Å². The van der Waals surface area contributed by atoms with E-state index in [9.17, 15) is 0 Å². The second-order valence-corrected chi connectivity index (χ2v) is 5.46. The summed E-state index contributed by atoms with van der Waals surface area (Å²) in [5, 5.41) is 0.115. The van der Waals surface area contributed by atoms with Gasteiger partial charge in [-0.3, -0.25) is 0 Å². The second-order valence-electron chi connectivity index (χ2n) is 5.12. The molecule has 2 aromatic rings. The highest BCUT2D eigenvalue weighted by Gasteiger charge is 2.19. The molecule has 6 heteroatoms. The SMILES string of the molecule is CC(C)Oc1nc(Cl)nc(-c2cccc3c2OCCC3)n1. The second kappa shape index (κ2) is 5.85. The summed E-state index contributed by atoms with van der Waals surface area (Å²) in [6, 6.07) is 6.19. The van der Waals surface area contributed by atoms with Crippen molar-refractivity contribution >= 4 is 11.6 Å². The molecule has 1 aliphatic heterocycles. The van der Waals surface area contributed by atoms with E-state index in [0.29, 0.717) is 12.4 Å². The fourth-order valence-electron chi connectivity index (χ4n) is 2.28. The highest BCUT2D eigenvalue weighted by atomic mass is 35.5. The summed E-state index contributed by atoms with van der Waals surface area (Å²) in [4.78, 5) is 12.5. The Morgan fingerprint density at radius 1 is 1.24 bits per heavy atom. The van der Waals surface area contributed by atoms with Crippen LogP contribution < -0.4 is 9.47 Å². The van der Waals surface area contributed by atoms with Crippen LogP contribution in [0, 0.1) is 0 Å². The van der Waals surface area contributed by atoms with E-state index in [4.69, 9.17) is 21.1 Å². The number of rotatable bonds is 3. The molecule has 0 aliphatic carbocycles. The molecular formula is C15H16ClN3O2. The molecule has 0 fully saturated rings. The Morgan fingerprint density at radius 3 is 2.90 bits per heavy atom. The normalized spacial score (nSPS) is 13.7. The van der Waals surface area contributed by atoms with Gasteiger partial charge in [0.05, 0.1) is 18.3 Å². The first-order valence-corrected chi connectivity index (χ1v) is 7.34. The van der Waals surface area contributed by atoms with Crippen LogP contribution in [-0.4, -0.2) is 27.7 Å². The van der Waals surface area contributed by atoms with E-state index in [1.165, 1.54) is 5.56 Å². The molecular weight excluding hydrogens is 290 g/mol. The van der Waals surface area contributed by atoms with Crippen molar-refractivity contribution in [1.82, 2.24) is 15.0 Å². The van der Waals surface area contributed by atoms with Crippen molar-refractivity contribution in [3.8, 4) is 23.1 Å². The van der Waals surface area contributed by atoms with E-state index in [2.05, 4.69) is 21.0 Å². The van der Waals surface area contributed by atoms with Gasteiger partial charge in [-0.25, -0.2) is 0 Å². The van der Waals surface area contributed by atoms with Gasteiger partial charge in [0.15, 0.2) is 5.82 Å². The van der Waals surface area contributed by atoms with Gasteiger partial charge in [0.25, 0.3) is 0 Å². The third-order valence-corrected chi connectivity index (χ3v) is 3.27. The molecule has 1 aromatic carbocycles. The van der Waals surface area contributed by atoms with E-state index in [0.717, 1.165) is 24.2 Å². The van der Waals surface area contributed by atoms with E-state index in [-0.39, 0.29) is 17.4 Å². The van der Waals surface area contributed by atoms with E-state index in [1.54, 1.807) is 0 Å². The standard InChI is InChI=1S/C15H16ClN3O2/c1-9(2)21-15-18-13(17-14(16)19-15)11-7-3-5-10-6-4-8-20-12(10)11/h3,5,7,9H,4,6,8H2,1-2H3. The number of aromatic nitrogens is 3. The Labute approximate surface area is 128 Å². The van der Waals surface area contributed by atoms with Crippen LogP contribution in [0.5, 0.6) is 11.8 Å². The molecule has 1 aromatic heterocycles. The maximum Gasteiger partial charge on any atom is 0.321 e. The van der Waals surface area contributed by atoms with Crippen LogP contribution in [0.4, 0.5) is 0 Å². The first kappa shape index (κ1) is 14.1. The lowest BCUT2D eigenvalue weighted by atomic mass is 10.0. The third-order valence-electron chi connectivity index (χ3n) is 3.10. The van der Waals surface area contributed by atoms with Crippen molar-refractivity contribution < 1.29 is 9.47 Å². The van der Waals surface area contributed by atoms with Gasteiger partial charge in [0, 0.05) is 0 Å². The fraction of sp³-hybridized carbons (Fsp3) is 0.400. The van der Waals surface area contributed by atoms with Gasteiger partial charge in [-0.2, -0.15) is 15.0 Å². The number of benzene rings is 1. The van der Waals surface area contributed by atoms with Crippen LogP contribution in [0.1, 0.15) is 25.8 Å². The van der Waals surface area contributed by atoms with Crippen LogP contribution in [-0.2, 0) is 6.42 Å². The van der Waals surface area contributed by atoms with Crippen LogP contribution in [0.2, 0.25) is 5.28 Å². The number of halogens is 1. The van der Waals surface area contributed by atoms with Gasteiger partial charge in [-0.15, -0.1) is 0 Å². The van der Waals surface area contributed by atoms with E-state index >= 15 is 0 Å². The quantitative estimate of drug-likeness (QED) is 0.871. The van der Waals surface area contributed by atoms with Gasteiger partial charge in [0.1, 0.15) is 5.75 Å². The van der Waals surface area contributed by atoms with Gasteiger partial charge in [-0.05, 0) is 49.9 Å². The Balaban J connectivity index is 2.06. The van der Waals surface area contributed by atoms with Crippen LogP contribution >= 0.6 is 11.6 Å². The lowest BCUT2D eigenvalue weighted by molar-refractivity contribution is 0.221. The Hall–Kier alpha value is -1.88. The monoisotopic (exact) mass is 305 g/mol. The molecule has 0 amide bonds. The first-order chi connectivity index (χ1) is 10.1. The predicted molar refractivity (Wildman–Crippen MR) is 79.9 cm³/mol. The fourth-order valence-corrected chi connectivity index (χ4v) is 2.43. The minimum Gasteiger partial charge on any atom is -0.493 e. The summed E-state index contributed by atoms with van der Waals surface area (Å²) in [6.07, 6.45) is 1.99. The van der Waals surface area contributed by atoms with E-state index in [1.807, 2.05) is 26.0 Å². The van der Waals surface area contributed by atoms with Crippen LogP contribution in [0.3, 0.4) is 0 Å². The summed E-state index contributed by atoms with van der Waals surface area (Å²) >= 11 is 5.98. The average molecular weight is 306 g/mol. The lowest BCUT2D eigenvalue weighted by Gasteiger charge is -2.19. The molecule has 0 spiro atoms. The van der Waals surface area contributed by atoms with Crippen molar-refractivity contribution in [3.05, 3.63) is 29.0 Å². The highest BCUT2D eigenvalue weighted by Crippen LogP contribution is 2.35. The summed E-state index contributed by atoms with van der Waals surface area (Å²) < 4.78 is 11.3. The molecule has 0 N–H and O–H groups in total. The molecule has 5 nitrogen and oxygen atoms in total. The molecule has 21 heavy (non-hydrogen) atoms. The summed E-state index contributed by atoms with van der Waals surface area (Å²) in [5.74, 6) is 1.31. The summed E-state index contributed by atoms with van der Waals surface area (Å²) in [6.45, 7) is 4.52. The van der Waals surface area contributed by atoms with Crippen LogP contribution in [0.15, 0.2) is 18.2 Å².